The van der Waals surface area contributed by atoms with Crippen LogP contribution in [0, 0.1) is 0 Å². The van der Waals surface area contributed by atoms with Gasteiger partial charge < -0.3 is 4.57 Å². The van der Waals surface area contributed by atoms with Crippen molar-refractivity contribution in [1.82, 2.24) is 39.5 Å². The third-order valence-electron chi connectivity index (χ3n) is 4.77. The zero-order valence-electron chi connectivity index (χ0n) is 15.5. The summed E-state index contributed by atoms with van der Waals surface area (Å²) in [6, 6.07) is 9.54. The Hall–Kier alpha value is -3.27. The summed E-state index contributed by atoms with van der Waals surface area (Å²) in [4.78, 5) is 12.9. The van der Waals surface area contributed by atoms with Crippen LogP contribution in [0.2, 0.25) is 0 Å². The molecule has 4 aromatic rings. The van der Waals surface area contributed by atoms with Crippen molar-refractivity contribution in [2.75, 3.05) is 0 Å². The minimum absolute atomic E-state index is 0.234. The summed E-state index contributed by atoms with van der Waals surface area (Å²) in [5, 5.41) is 22.4. The topological polar surface area (TPSA) is 96.3 Å². The number of rotatable bonds is 7. The molecule has 0 saturated heterocycles. The first kappa shape index (κ1) is 17.8. The number of para-hydroxylation sites is 1. The molecule has 1 saturated carbocycles. The van der Waals surface area contributed by atoms with Crippen LogP contribution in [-0.2, 0) is 12.4 Å². The minimum atomic E-state index is -0.234. The van der Waals surface area contributed by atoms with E-state index in [-0.39, 0.29) is 11.4 Å². The van der Waals surface area contributed by atoms with E-state index in [9.17, 15) is 4.79 Å². The molecule has 1 aromatic carbocycles. The third-order valence-corrected chi connectivity index (χ3v) is 5.71. The van der Waals surface area contributed by atoms with E-state index in [0.717, 1.165) is 29.5 Å². The van der Waals surface area contributed by atoms with Crippen LogP contribution < -0.4 is 5.56 Å². The summed E-state index contributed by atoms with van der Waals surface area (Å²) >= 11 is 1.41. The molecular weight excluding hydrogens is 388 g/mol. The average Bonchev–Trinajstić information content (AvgIpc) is 3.37. The Kier molecular flexibility index (Phi) is 4.47. The highest BCUT2D eigenvalue weighted by Gasteiger charge is 2.30. The van der Waals surface area contributed by atoms with Crippen molar-refractivity contribution in [3.05, 3.63) is 65.4 Å². The van der Waals surface area contributed by atoms with Gasteiger partial charge in [0.05, 0.1) is 17.8 Å². The standard InChI is InChI=1S/C19H18N8OS/c1-2-10-25-16(13-8-9-13)21-23-19(25)29-12-26-18(28)15-11-20-27(17(15)22-24-26)14-6-4-3-5-7-14/h2-7,11,13H,1,8-10,12H2. The van der Waals surface area contributed by atoms with Crippen LogP contribution in [0.5, 0.6) is 0 Å². The highest BCUT2D eigenvalue weighted by atomic mass is 32.2. The Morgan fingerprint density at radius 2 is 2.00 bits per heavy atom. The van der Waals surface area contributed by atoms with Gasteiger partial charge in [0, 0.05) is 12.5 Å². The second-order valence-corrected chi connectivity index (χ2v) is 7.72. The van der Waals surface area contributed by atoms with E-state index in [4.69, 9.17) is 0 Å². The number of allylic oxidation sites excluding steroid dienone is 1. The molecular formula is C19H18N8OS. The summed E-state index contributed by atoms with van der Waals surface area (Å²) in [6.45, 7) is 4.46. The quantitative estimate of drug-likeness (QED) is 0.343. The second-order valence-electron chi connectivity index (χ2n) is 6.81. The molecule has 0 aliphatic heterocycles. The summed E-state index contributed by atoms with van der Waals surface area (Å²) < 4.78 is 5.00. The monoisotopic (exact) mass is 406 g/mol. The molecule has 29 heavy (non-hydrogen) atoms. The Balaban J connectivity index is 1.43. The van der Waals surface area contributed by atoms with Crippen LogP contribution >= 0.6 is 11.8 Å². The fraction of sp³-hybridized carbons (Fsp3) is 0.263. The van der Waals surface area contributed by atoms with Gasteiger partial charge in [0.25, 0.3) is 5.56 Å². The number of fused-ring (bicyclic) bond motifs is 1. The molecule has 9 nitrogen and oxygen atoms in total. The van der Waals surface area contributed by atoms with E-state index in [1.807, 2.05) is 36.4 Å². The zero-order chi connectivity index (χ0) is 19.8. The van der Waals surface area contributed by atoms with Crippen LogP contribution in [0.3, 0.4) is 0 Å². The molecule has 0 amide bonds. The van der Waals surface area contributed by atoms with Gasteiger partial charge in [-0.2, -0.15) is 9.78 Å². The van der Waals surface area contributed by atoms with Gasteiger partial charge in [0.1, 0.15) is 11.2 Å². The molecule has 1 aliphatic carbocycles. The van der Waals surface area contributed by atoms with Crippen LogP contribution in [0.15, 0.2) is 59.1 Å². The first-order chi connectivity index (χ1) is 14.3. The fourth-order valence-corrected chi connectivity index (χ4v) is 4.01. The maximum Gasteiger partial charge on any atom is 0.281 e. The first-order valence-electron chi connectivity index (χ1n) is 9.30. The zero-order valence-corrected chi connectivity index (χ0v) is 16.4. The number of hydrogen-bond acceptors (Lipinski definition) is 7. The van der Waals surface area contributed by atoms with Gasteiger partial charge in [-0.3, -0.25) is 4.79 Å². The van der Waals surface area contributed by atoms with Gasteiger partial charge in [-0.05, 0) is 25.0 Å². The Morgan fingerprint density at radius 3 is 2.76 bits per heavy atom. The summed E-state index contributed by atoms with van der Waals surface area (Å²) in [5.74, 6) is 1.77. The number of benzene rings is 1. The smallest absolute Gasteiger partial charge is 0.281 e. The van der Waals surface area contributed by atoms with Gasteiger partial charge in [-0.1, -0.05) is 41.3 Å². The Morgan fingerprint density at radius 1 is 1.17 bits per heavy atom. The Labute approximate surface area is 170 Å². The van der Waals surface area contributed by atoms with Crippen LogP contribution in [-0.4, -0.2) is 39.5 Å². The van der Waals surface area contributed by atoms with E-state index in [2.05, 4.69) is 36.8 Å². The van der Waals surface area contributed by atoms with E-state index in [0.29, 0.717) is 23.5 Å². The lowest BCUT2D eigenvalue weighted by atomic mass is 10.3. The largest absolute Gasteiger partial charge is 0.302 e. The first-order valence-corrected chi connectivity index (χ1v) is 10.3. The molecule has 0 unspecified atom stereocenters. The van der Waals surface area contributed by atoms with Gasteiger partial charge >= 0.3 is 0 Å². The average molecular weight is 406 g/mol. The van der Waals surface area contributed by atoms with Gasteiger partial charge in [-0.25, -0.2) is 4.68 Å². The molecule has 0 N–H and O–H groups in total. The number of hydrogen-bond donors (Lipinski definition) is 0. The molecule has 1 fully saturated rings. The normalized spacial score (nSPS) is 13.8. The van der Waals surface area contributed by atoms with Crippen molar-refractivity contribution in [3.63, 3.8) is 0 Å². The predicted molar refractivity (Wildman–Crippen MR) is 109 cm³/mol. The SMILES string of the molecule is C=CCn1c(SCn2nnc3c(cnn3-c3ccccc3)c2=O)nnc1C1CC1. The number of thioether (sulfide) groups is 1. The highest BCUT2D eigenvalue weighted by molar-refractivity contribution is 7.98. The van der Waals surface area contributed by atoms with E-state index in [1.54, 1.807) is 4.68 Å². The second kappa shape index (κ2) is 7.28. The third kappa shape index (κ3) is 3.25. The molecule has 1 aliphatic rings. The van der Waals surface area contributed by atoms with Crippen molar-refractivity contribution in [2.24, 2.45) is 0 Å². The highest BCUT2D eigenvalue weighted by Crippen LogP contribution is 2.40. The number of aromatic nitrogens is 8. The van der Waals surface area contributed by atoms with E-state index < -0.39 is 0 Å². The predicted octanol–water partition coefficient (Wildman–Crippen LogP) is 2.38. The summed E-state index contributed by atoms with van der Waals surface area (Å²) in [5.41, 5.74) is 1.03. The van der Waals surface area contributed by atoms with E-state index in [1.165, 1.54) is 22.6 Å². The Bertz CT molecular complexity index is 1240. The van der Waals surface area contributed by atoms with Crippen LogP contribution in [0.4, 0.5) is 0 Å². The lowest BCUT2D eigenvalue weighted by molar-refractivity contribution is 0.633. The van der Waals surface area contributed by atoms with Gasteiger partial charge in [0.2, 0.25) is 0 Å². The molecule has 0 atom stereocenters. The maximum absolute atomic E-state index is 12.9. The van der Waals surface area contributed by atoms with E-state index >= 15 is 0 Å². The molecule has 10 heteroatoms. The lowest BCUT2D eigenvalue weighted by Crippen LogP contribution is -2.23. The summed E-state index contributed by atoms with van der Waals surface area (Å²) in [6.07, 6.45) is 5.65. The molecule has 3 aromatic heterocycles. The molecule has 0 spiro atoms. The van der Waals surface area contributed by atoms with Gasteiger partial charge in [0.15, 0.2) is 10.8 Å². The van der Waals surface area contributed by atoms with Crippen molar-refractivity contribution in [3.8, 4) is 5.69 Å². The molecule has 5 rings (SSSR count). The fourth-order valence-electron chi connectivity index (χ4n) is 3.18. The van der Waals surface area contributed by atoms with Crippen molar-refractivity contribution in [1.29, 1.82) is 0 Å². The molecule has 0 radical (unpaired) electrons. The molecule has 0 bridgehead atoms. The minimum Gasteiger partial charge on any atom is -0.302 e. The van der Waals surface area contributed by atoms with Crippen LogP contribution in [0.25, 0.3) is 16.7 Å². The van der Waals surface area contributed by atoms with Gasteiger partial charge in [-0.15, -0.1) is 21.9 Å². The van der Waals surface area contributed by atoms with Crippen molar-refractivity contribution < 1.29 is 0 Å². The number of nitrogens with zero attached hydrogens (tertiary/aromatic N) is 8. The molecule has 3 heterocycles. The molecule has 146 valence electrons. The van der Waals surface area contributed by atoms with Crippen molar-refractivity contribution in [2.45, 2.75) is 36.3 Å². The maximum atomic E-state index is 12.9. The van der Waals surface area contributed by atoms with Crippen LogP contribution in [0.1, 0.15) is 24.6 Å². The lowest BCUT2D eigenvalue weighted by Gasteiger charge is -2.07. The summed E-state index contributed by atoms with van der Waals surface area (Å²) in [7, 11) is 0. The van der Waals surface area contributed by atoms with Crippen molar-refractivity contribution >= 4 is 22.8 Å².